The standard InChI is InChI=1S/C27H30N4O2S/c1-2-14-31-25(18-33-24-12-11-20-7-3-5-9-22(20)16-24)28-29-27(31)34-19-26(32)30-15-13-21-8-4-6-10-23(21)17-30/h2,4,6,8,10-12,16H,1,3,5,7,9,13-15,17-19H2. The summed E-state index contributed by atoms with van der Waals surface area (Å²) in [5.41, 5.74) is 5.41. The van der Waals surface area contributed by atoms with E-state index in [0.29, 0.717) is 25.4 Å². The van der Waals surface area contributed by atoms with Crippen LogP contribution in [0.5, 0.6) is 5.75 Å². The van der Waals surface area contributed by atoms with Gasteiger partial charge in [0.15, 0.2) is 11.0 Å². The third-order valence-electron chi connectivity index (χ3n) is 6.60. The fourth-order valence-electron chi connectivity index (χ4n) is 4.72. The second-order valence-corrected chi connectivity index (χ2v) is 9.79. The molecule has 0 unspecified atom stereocenters. The molecule has 1 aromatic heterocycles. The highest BCUT2D eigenvalue weighted by Gasteiger charge is 2.22. The first-order chi connectivity index (χ1) is 16.7. The summed E-state index contributed by atoms with van der Waals surface area (Å²) in [6.07, 6.45) is 7.52. The van der Waals surface area contributed by atoms with E-state index in [9.17, 15) is 4.79 Å². The zero-order valence-electron chi connectivity index (χ0n) is 19.4. The van der Waals surface area contributed by atoms with Gasteiger partial charge < -0.3 is 9.64 Å². The smallest absolute Gasteiger partial charge is 0.233 e. The maximum absolute atomic E-state index is 12.9. The van der Waals surface area contributed by atoms with E-state index in [1.165, 1.54) is 46.9 Å². The van der Waals surface area contributed by atoms with E-state index in [1.54, 1.807) is 0 Å². The van der Waals surface area contributed by atoms with Gasteiger partial charge in [0.2, 0.25) is 5.91 Å². The van der Waals surface area contributed by atoms with Crippen LogP contribution < -0.4 is 4.74 Å². The zero-order chi connectivity index (χ0) is 23.3. The van der Waals surface area contributed by atoms with Gasteiger partial charge in [0, 0.05) is 19.6 Å². The van der Waals surface area contributed by atoms with Crippen molar-refractivity contribution < 1.29 is 9.53 Å². The number of hydrogen-bond donors (Lipinski definition) is 0. The van der Waals surface area contributed by atoms with Crippen LogP contribution in [0.1, 0.15) is 40.9 Å². The second-order valence-electron chi connectivity index (χ2n) is 8.85. The average Bonchev–Trinajstić information content (AvgIpc) is 3.27. The van der Waals surface area contributed by atoms with Crippen LogP contribution in [-0.2, 0) is 43.8 Å². The maximum atomic E-state index is 12.9. The molecule has 0 N–H and O–H groups in total. The van der Waals surface area contributed by atoms with E-state index in [4.69, 9.17) is 4.74 Å². The van der Waals surface area contributed by atoms with Crippen molar-refractivity contribution in [3.8, 4) is 5.75 Å². The number of aryl methyl sites for hydroxylation is 2. The van der Waals surface area contributed by atoms with Crippen LogP contribution in [0, 0.1) is 0 Å². The van der Waals surface area contributed by atoms with Gasteiger partial charge >= 0.3 is 0 Å². The molecular formula is C27H30N4O2S. The summed E-state index contributed by atoms with van der Waals surface area (Å²) in [7, 11) is 0. The molecule has 176 valence electrons. The fraction of sp³-hybridized carbons (Fsp3) is 0.370. The third-order valence-corrected chi connectivity index (χ3v) is 7.55. The van der Waals surface area contributed by atoms with E-state index < -0.39 is 0 Å². The van der Waals surface area contributed by atoms with Gasteiger partial charge in [-0.1, -0.05) is 48.2 Å². The average molecular weight is 475 g/mol. The van der Waals surface area contributed by atoms with E-state index in [-0.39, 0.29) is 5.91 Å². The monoisotopic (exact) mass is 474 g/mol. The first kappa shape index (κ1) is 22.7. The Morgan fingerprint density at radius 2 is 1.82 bits per heavy atom. The van der Waals surface area contributed by atoms with E-state index in [0.717, 1.165) is 42.5 Å². The molecule has 0 atom stereocenters. The number of allylic oxidation sites excluding steroid dienone is 1. The molecule has 1 amide bonds. The molecule has 5 rings (SSSR count). The maximum Gasteiger partial charge on any atom is 0.233 e. The molecule has 0 fully saturated rings. The quantitative estimate of drug-likeness (QED) is 0.353. The van der Waals surface area contributed by atoms with Crippen molar-refractivity contribution in [3.05, 3.63) is 83.2 Å². The summed E-state index contributed by atoms with van der Waals surface area (Å²) in [6, 6.07) is 14.7. The Morgan fingerprint density at radius 1 is 1.03 bits per heavy atom. The Kier molecular flexibility index (Phi) is 7.00. The molecule has 2 aliphatic rings. The van der Waals surface area contributed by atoms with Gasteiger partial charge in [-0.3, -0.25) is 9.36 Å². The van der Waals surface area contributed by atoms with Crippen molar-refractivity contribution in [1.29, 1.82) is 0 Å². The number of hydrogen-bond acceptors (Lipinski definition) is 5. The number of amides is 1. The first-order valence-electron chi connectivity index (χ1n) is 12.0. The minimum atomic E-state index is 0.125. The predicted octanol–water partition coefficient (Wildman–Crippen LogP) is 4.60. The Bertz CT molecular complexity index is 1190. The van der Waals surface area contributed by atoms with Crippen molar-refractivity contribution in [3.63, 3.8) is 0 Å². The van der Waals surface area contributed by atoms with Crippen LogP contribution in [0.25, 0.3) is 0 Å². The number of benzene rings is 2. The summed E-state index contributed by atoms with van der Waals surface area (Å²) >= 11 is 1.43. The number of nitrogens with zero attached hydrogens (tertiary/aromatic N) is 4. The fourth-order valence-corrected chi connectivity index (χ4v) is 5.59. The van der Waals surface area contributed by atoms with Crippen LogP contribution in [0.3, 0.4) is 0 Å². The molecule has 0 saturated heterocycles. The number of fused-ring (bicyclic) bond motifs is 2. The molecule has 7 heteroatoms. The van der Waals surface area contributed by atoms with E-state index in [2.05, 4.69) is 47.1 Å². The molecule has 0 radical (unpaired) electrons. The second kappa shape index (κ2) is 10.5. The normalized spacial score (nSPS) is 14.9. The van der Waals surface area contributed by atoms with Crippen molar-refractivity contribution in [2.45, 2.75) is 57.0 Å². The first-order valence-corrected chi connectivity index (χ1v) is 12.9. The Labute approximate surface area is 205 Å². The van der Waals surface area contributed by atoms with Crippen LogP contribution in [0.15, 0.2) is 60.3 Å². The van der Waals surface area contributed by atoms with Crippen LogP contribution in [0.2, 0.25) is 0 Å². The van der Waals surface area contributed by atoms with Crippen LogP contribution in [-0.4, -0.2) is 37.9 Å². The summed E-state index contributed by atoms with van der Waals surface area (Å²) in [4.78, 5) is 14.8. The third kappa shape index (κ3) is 5.04. The Hall–Kier alpha value is -3.06. The molecule has 0 bridgehead atoms. The summed E-state index contributed by atoms with van der Waals surface area (Å²) in [6.45, 7) is 6.21. The number of aromatic nitrogens is 3. The molecule has 2 heterocycles. The number of carbonyl (C=O) groups is 1. The number of ether oxygens (including phenoxy) is 1. The van der Waals surface area contributed by atoms with Gasteiger partial charge in [-0.05, 0) is 66.5 Å². The minimum Gasteiger partial charge on any atom is -0.486 e. The lowest BCUT2D eigenvalue weighted by molar-refractivity contribution is -0.129. The van der Waals surface area contributed by atoms with Crippen molar-refractivity contribution in [2.24, 2.45) is 0 Å². The molecule has 6 nitrogen and oxygen atoms in total. The number of rotatable bonds is 8. The van der Waals surface area contributed by atoms with Crippen molar-refractivity contribution in [2.75, 3.05) is 12.3 Å². The van der Waals surface area contributed by atoms with Gasteiger partial charge in [0.1, 0.15) is 12.4 Å². The summed E-state index contributed by atoms with van der Waals surface area (Å²) in [5.74, 6) is 2.06. The molecule has 2 aromatic carbocycles. The van der Waals surface area contributed by atoms with Gasteiger partial charge in [-0.2, -0.15) is 0 Å². The predicted molar refractivity (Wildman–Crippen MR) is 134 cm³/mol. The molecular weight excluding hydrogens is 444 g/mol. The lowest BCUT2D eigenvalue weighted by Crippen LogP contribution is -2.37. The Morgan fingerprint density at radius 3 is 2.68 bits per heavy atom. The van der Waals surface area contributed by atoms with Gasteiger partial charge in [-0.15, -0.1) is 16.8 Å². The lowest BCUT2D eigenvalue weighted by atomic mass is 9.92. The van der Waals surface area contributed by atoms with E-state index in [1.807, 2.05) is 27.7 Å². The van der Waals surface area contributed by atoms with Gasteiger partial charge in [-0.25, -0.2) is 0 Å². The molecule has 0 spiro atoms. The molecule has 1 aliphatic carbocycles. The lowest BCUT2D eigenvalue weighted by Gasteiger charge is -2.28. The van der Waals surface area contributed by atoms with Crippen molar-refractivity contribution in [1.82, 2.24) is 19.7 Å². The molecule has 1 aliphatic heterocycles. The summed E-state index contributed by atoms with van der Waals surface area (Å²) in [5, 5.41) is 9.42. The molecule has 34 heavy (non-hydrogen) atoms. The minimum absolute atomic E-state index is 0.125. The number of carbonyl (C=O) groups excluding carboxylic acids is 1. The number of thioether (sulfide) groups is 1. The highest BCUT2D eigenvalue weighted by molar-refractivity contribution is 7.99. The summed E-state index contributed by atoms with van der Waals surface area (Å²) < 4.78 is 8.05. The van der Waals surface area contributed by atoms with E-state index >= 15 is 0 Å². The zero-order valence-corrected chi connectivity index (χ0v) is 20.2. The molecule has 0 saturated carbocycles. The topological polar surface area (TPSA) is 60.2 Å². The van der Waals surface area contributed by atoms with Crippen molar-refractivity contribution >= 4 is 17.7 Å². The van der Waals surface area contributed by atoms with Gasteiger partial charge in [0.25, 0.3) is 0 Å². The largest absolute Gasteiger partial charge is 0.486 e. The Balaban J connectivity index is 1.21. The highest BCUT2D eigenvalue weighted by Crippen LogP contribution is 2.26. The van der Waals surface area contributed by atoms with Crippen LogP contribution >= 0.6 is 11.8 Å². The molecule has 3 aromatic rings. The van der Waals surface area contributed by atoms with Crippen LogP contribution in [0.4, 0.5) is 0 Å². The SMILES string of the molecule is C=CCn1c(COc2ccc3c(c2)CCCC3)nnc1SCC(=O)N1CCc2ccccc2C1. The highest BCUT2D eigenvalue weighted by atomic mass is 32.2. The van der Waals surface area contributed by atoms with Gasteiger partial charge in [0.05, 0.1) is 5.75 Å².